The zero-order valence-electron chi connectivity index (χ0n) is 22.4. The molecule has 0 unspecified atom stereocenters. The van der Waals surface area contributed by atoms with Crippen molar-refractivity contribution in [2.45, 2.75) is 13.5 Å². The maximum absolute atomic E-state index is 12.4. The Kier molecular flexibility index (Phi) is 9.32. The molecule has 0 saturated heterocycles. The van der Waals surface area contributed by atoms with Gasteiger partial charge in [0.2, 0.25) is 0 Å². The SMILES string of the molecule is COCCNC(=O)c1cc2ccc(OC(=O)/C=C/c3ccc(OCc4ccccc4C)c(OC)c3)cc2oc1=O. The molecule has 0 saturated carbocycles. The Morgan fingerprint density at radius 3 is 2.58 bits per heavy atom. The molecule has 9 nitrogen and oxygen atoms in total. The number of rotatable bonds is 11. The number of fused-ring (bicyclic) bond motifs is 1. The summed E-state index contributed by atoms with van der Waals surface area (Å²) in [5.41, 5.74) is 2.17. The minimum atomic E-state index is -0.800. The molecule has 4 rings (SSSR count). The number of hydrogen-bond acceptors (Lipinski definition) is 8. The molecule has 206 valence electrons. The van der Waals surface area contributed by atoms with E-state index in [1.165, 1.54) is 25.3 Å². The van der Waals surface area contributed by atoms with E-state index in [1.54, 1.807) is 43.5 Å². The van der Waals surface area contributed by atoms with E-state index >= 15 is 0 Å². The molecule has 1 N–H and O–H groups in total. The smallest absolute Gasteiger partial charge is 0.349 e. The van der Waals surface area contributed by atoms with Crippen molar-refractivity contribution in [3.63, 3.8) is 0 Å². The van der Waals surface area contributed by atoms with Crippen molar-refractivity contribution >= 4 is 28.9 Å². The van der Waals surface area contributed by atoms with Crippen molar-refractivity contribution in [1.29, 1.82) is 0 Å². The molecule has 1 heterocycles. The molecular formula is C31H29NO8. The second-order valence-corrected chi connectivity index (χ2v) is 8.78. The van der Waals surface area contributed by atoms with Crippen molar-refractivity contribution in [2.24, 2.45) is 0 Å². The van der Waals surface area contributed by atoms with Gasteiger partial charge in [0.05, 0.1) is 13.7 Å². The van der Waals surface area contributed by atoms with Crippen molar-refractivity contribution in [1.82, 2.24) is 5.32 Å². The average molecular weight is 544 g/mol. The number of carbonyl (C=O) groups is 2. The number of methoxy groups -OCH3 is 2. The van der Waals surface area contributed by atoms with Gasteiger partial charge in [0.1, 0.15) is 23.5 Å². The largest absolute Gasteiger partial charge is 0.493 e. The highest BCUT2D eigenvalue weighted by atomic mass is 16.5. The van der Waals surface area contributed by atoms with Crippen LogP contribution in [0.5, 0.6) is 17.2 Å². The summed E-state index contributed by atoms with van der Waals surface area (Å²) in [6.07, 6.45) is 2.86. The van der Waals surface area contributed by atoms with Gasteiger partial charge >= 0.3 is 11.6 Å². The first-order chi connectivity index (χ1) is 19.4. The van der Waals surface area contributed by atoms with Gasteiger partial charge in [-0.3, -0.25) is 4.79 Å². The maximum atomic E-state index is 12.4. The van der Waals surface area contributed by atoms with Crippen LogP contribution in [0.3, 0.4) is 0 Å². The van der Waals surface area contributed by atoms with Crippen LogP contribution in [0.1, 0.15) is 27.0 Å². The zero-order chi connectivity index (χ0) is 28.5. The molecular weight excluding hydrogens is 514 g/mol. The Morgan fingerprint density at radius 2 is 1.80 bits per heavy atom. The molecule has 0 bridgehead atoms. The third-order valence-corrected chi connectivity index (χ3v) is 6.01. The summed E-state index contributed by atoms with van der Waals surface area (Å²) >= 11 is 0. The molecule has 0 aliphatic rings. The summed E-state index contributed by atoms with van der Waals surface area (Å²) in [5.74, 6) is 0.102. The lowest BCUT2D eigenvalue weighted by Crippen LogP contribution is -2.30. The summed E-state index contributed by atoms with van der Waals surface area (Å²) in [4.78, 5) is 37.0. The fourth-order valence-electron chi connectivity index (χ4n) is 3.82. The van der Waals surface area contributed by atoms with E-state index < -0.39 is 17.5 Å². The number of aryl methyl sites for hydroxylation is 1. The standard InChI is InChI=1S/C31H29NO8/c1-20-6-4-5-7-23(20)19-38-26-12-8-21(16-28(26)37-3)9-13-29(33)39-24-11-10-22-17-25(30(34)32-14-15-36-2)31(35)40-27(22)18-24/h4-13,16-18H,14-15,19H2,1-3H3,(H,32,34)/b13-9+. The predicted molar refractivity (Wildman–Crippen MR) is 150 cm³/mol. The van der Waals surface area contributed by atoms with Gasteiger partial charge in [-0.15, -0.1) is 0 Å². The van der Waals surface area contributed by atoms with E-state index in [0.29, 0.717) is 35.7 Å². The van der Waals surface area contributed by atoms with Gasteiger partial charge in [0.15, 0.2) is 11.5 Å². The Hall–Kier alpha value is -4.89. The summed E-state index contributed by atoms with van der Waals surface area (Å²) in [6.45, 7) is 3.00. The van der Waals surface area contributed by atoms with Crippen molar-refractivity contribution in [2.75, 3.05) is 27.4 Å². The lowest BCUT2D eigenvalue weighted by atomic mass is 10.1. The maximum Gasteiger partial charge on any atom is 0.349 e. The molecule has 0 atom stereocenters. The van der Waals surface area contributed by atoms with Gasteiger partial charge in [-0.05, 0) is 60.0 Å². The zero-order valence-corrected chi connectivity index (χ0v) is 22.4. The van der Waals surface area contributed by atoms with Crippen LogP contribution in [0.2, 0.25) is 0 Å². The molecule has 0 fully saturated rings. The van der Waals surface area contributed by atoms with Crippen molar-refractivity contribution in [3.05, 3.63) is 105 Å². The monoisotopic (exact) mass is 543 g/mol. The van der Waals surface area contributed by atoms with Gasteiger partial charge in [-0.1, -0.05) is 30.3 Å². The van der Waals surface area contributed by atoms with E-state index in [2.05, 4.69) is 5.32 Å². The van der Waals surface area contributed by atoms with Gasteiger partial charge in [0.25, 0.3) is 5.91 Å². The number of benzene rings is 3. The first-order valence-corrected chi connectivity index (χ1v) is 12.5. The summed E-state index contributed by atoms with van der Waals surface area (Å²) in [5, 5.41) is 3.08. The minimum absolute atomic E-state index is 0.127. The lowest BCUT2D eigenvalue weighted by Gasteiger charge is -2.12. The fraction of sp³-hybridized carbons (Fsp3) is 0.194. The Balaban J connectivity index is 1.40. The van der Waals surface area contributed by atoms with E-state index in [9.17, 15) is 14.4 Å². The number of nitrogens with one attached hydrogen (secondary N) is 1. The van der Waals surface area contributed by atoms with E-state index in [1.807, 2.05) is 31.2 Å². The number of amides is 1. The van der Waals surface area contributed by atoms with E-state index in [4.69, 9.17) is 23.4 Å². The molecule has 1 amide bonds. The first kappa shape index (κ1) is 28.1. The topological polar surface area (TPSA) is 113 Å². The molecule has 9 heteroatoms. The molecule has 0 aliphatic heterocycles. The van der Waals surface area contributed by atoms with E-state index in [-0.39, 0.29) is 23.4 Å². The second-order valence-electron chi connectivity index (χ2n) is 8.78. The van der Waals surface area contributed by atoms with Gasteiger partial charge in [-0.2, -0.15) is 0 Å². The van der Waals surface area contributed by atoms with Crippen LogP contribution >= 0.6 is 0 Å². The number of esters is 1. The molecule has 4 aromatic rings. The highest BCUT2D eigenvalue weighted by Gasteiger charge is 2.14. The summed E-state index contributed by atoms with van der Waals surface area (Å²) < 4.78 is 26.9. The molecule has 0 radical (unpaired) electrons. The van der Waals surface area contributed by atoms with Crippen LogP contribution in [0.15, 0.2) is 82.0 Å². The van der Waals surface area contributed by atoms with Gasteiger partial charge in [0, 0.05) is 31.2 Å². The molecule has 3 aromatic carbocycles. The van der Waals surface area contributed by atoms with Crippen LogP contribution in [-0.4, -0.2) is 39.2 Å². The third-order valence-electron chi connectivity index (χ3n) is 6.01. The molecule has 0 aliphatic carbocycles. The first-order valence-electron chi connectivity index (χ1n) is 12.5. The van der Waals surface area contributed by atoms with Gasteiger partial charge < -0.3 is 28.7 Å². The van der Waals surface area contributed by atoms with Crippen molar-refractivity contribution < 1.29 is 33.0 Å². The number of carbonyl (C=O) groups excluding carboxylic acids is 2. The van der Waals surface area contributed by atoms with Crippen LogP contribution < -0.4 is 25.2 Å². The lowest BCUT2D eigenvalue weighted by molar-refractivity contribution is -0.128. The molecule has 0 spiro atoms. The average Bonchev–Trinajstić information content (AvgIpc) is 2.95. The molecule has 40 heavy (non-hydrogen) atoms. The minimum Gasteiger partial charge on any atom is -0.493 e. The van der Waals surface area contributed by atoms with Crippen LogP contribution in [0, 0.1) is 6.92 Å². The van der Waals surface area contributed by atoms with Crippen LogP contribution in [0.25, 0.3) is 17.0 Å². The Labute approximate surface area is 230 Å². The Bertz CT molecular complexity index is 1610. The Morgan fingerprint density at radius 1 is 0.975 bits per heavy atom. The summed E-state index contributed by atoms with van der Waals surface area (Å²) in [6, 6.07) is 19.3. The summed E-state index contributed by atoms with van der Waals surface area (Å²) in [7, 11) is 3.06. The molecule has 1 aromatic heterocycles. The van der Waals surface area contributed by atoms with E-state index in [0.717, 1.165) is 11.1 Å². The fourth-order valence-corrected chi connectivity index (χ4v) is 3.82. The number of ether oxygens (including phenoxy) is 4. The van der Waals surface area contributed by atoms with Crippen LogP contribution in [0.4, 0.5) is 0 Å². The predicted octanol–water partition coefficient (Wildman–Crippen LogP) is 4.68. The highest BCUT2D eigenvalue weighted by molar-refractivity contribution is 5.97. The van der Waals surface area contributed by atoms with Crippen molar-refractivity contribution in [3.8, 4) is 17.2 Å². The van der Waals surface area contributed by atoms with Gasteiger partial charge in [-0.25, -0.2) is 9.59 Å². The number of hydrogen-bond donors (Lipinski definition) is 1. The quantitative estimate of drug-likeness (QED) is 0.0954. The third kappa shape index (κ3) is 7.15. The normalized spacial score (nSPS) is 11.0. The highest BCUT2D eigenvalue weighted by Crippen LogP contribution is 2.29. The second kappa shape index (κ2) is 13.3. The van der Waals surface area contributed by atoms with Crippen LogP contribution in [-0.2, 0) is 16.1 Å².